The van der Waals surface area contributed by atoms with Crippen LogP contribution in [0.2, 0.25) is 0 Å². The number of rotatable bonds is 4. The minimum atomic E-state index is 0.299. The topological polar surface area (TPSA) is 37.9 Å². The Morgan fingerprint density at radius 3 is 2.83 bits per heavy atom. The van der Waals surface area contributed by atoms with Crippen molar-refractivity contribution in [1.82, 2.24) is 10.2 Å². The Balaban J connectivity index is 2.50. The van der Waals surface area contributed by atoms with Gasteiger partial charge in [0.25, 0.3) is 0 Å². The predicted octanol–water partition coefficient (Wildman–Crippen LogP) is 1.69. The minimum Gasteiger partial charge on any atom is -0.381 e. The molecule has 0 radical (unpaired) electrons. The molecule has 0 saturated carbocycles. The molecule has 0 fully saturated rings. The molecule has 1 aromatic rings. The first kappa shape index (κ1) is 9.26. The van der Waals surface area contributed by atoms with Gasteiger partial charge in [0.1, 0.15) is 0 Å². The van der Waals surface area contributed by atoms with Crippen LogP contribution in [0.15, 0.2) is 6.07 Å². The van der Waals surface area contributed by atoms with Crippen LogP contribution in [-0.2, 0) is 11.2 Å². The zero-order valence-electron chi connectivity index (χ0n) is 7.92. The molecule has 1 N–H and O–H groups in total. The van der Waals surface area contributed by atoms with E-state index < -0.39 is 0 Å². The van der Waals surface area contributed by atoms with Gasteiger partial charge in [0.05, 0.1) is 11.8 Å². The summed E-state index contributed by atoms with van der Waals surface area (Å²) in [5, 5.41) is 7.06. The van der Waals surface area contributed by atoms with Crippen LogP contribution in [0.5, 0.6) is 0 Å². The van der Waals surface area contributed by atoms with Crippen LogP contribution in [-0.4, -0.2) is 23.4 Å². The quantitative estimate of drug-likeness (QED) is 0.742. The lowest BCUT2D eigenvalue weighted by molar-refractivity contribution is 0.0990. The van der Waals surface area contributed by atoms with E-state index in [0.29, 0.717) is 6.10 Å². The smallest absolute Gasteiger partial charge is 0.0650 e. The van der Waals surface area contributed by atoms with Gasteiger partial charge in [-0.15, -0.1) is 0 Å². The second-order valence-electron chi connectivity index (χ2n) is 3.01. The predicted molar refractivity (Wildman–Crippen MR) is 48.1 cm³/mol. The maximum atomic E-state index is 5.26. The molecule has 0 aliphatic carbocycles. The molecule has 1 unspecified atom stereocenters. The Bertz CT molecular complexity index is 228. The number of aryl methyl sites for hydroxylation is 1. The summed E-state index contributed by atoms with van der Waals surface area (Å²) in [5.74, 6) is 0. The monoisotopic (exact) mass is 168 g/mol. The fraction of sp³-hybridized carbons (Fsp3) is 0.667. The second kappa shape index (κ2) is 4.26. The molecule has 0 bridgehead atoms. The fourth-order valence-corrected chi connectivity index (χ4v) is 1.21. The van der Waals surface area contributed by atoms with Crippen LogP contribution in [0.3, 0.4) is 0 Å². The number of nitrogens with zero attached hydrogens (tertiary/aromatic N) is 1. The Kier molecular flexibility index (Phi) is 3.29. The number of hydrogen-bond acceptors (Lipinski definition) is 2. The molecule has 1 rings (SSSR count). The molecule has 0 aliphatic rings. The molecule has 0 aromatic carbocycles. The number of methoxy groups -OCH3 is 1. The van der Waals surface area contributed by atoms with E-state index in [1.807, 2.05) is 6.92 Å². The van der Waals surface area contributed by atoms with Crippen molar-refractivity contribution in [1.29, 1.82) is 0 Å². The van der Waals surface area contributed by atoms with Gasteiger partial charge in [-0.1, -0.05) is 6.92 Å². The summed E-state index contributed by atoms with van der Waals surface area (Å²) in [6, 6.07) is 2.06. The normalized spacial score (nSPS) is 13.2. The van der Waals surface area contributed by atoms with Crippen LogP contribution in [0.4, 0.5) is 0 Å². The van der Waals surface area contributed by atoms with Crippen molar-refractivity contribution in [2.75, 3.05) is 7.11 Å². The van der Waals surface area contributed by atoms with Crippen molar-refractivity contribution in [3.05, 3.63) is 17.5 Å². The largest absolute Gasteiger partial charge is 0.381 e. The van der Waals surface area contributed by atoms with Crippen molar-refractivity contribution >= 4 is 0 Å². The van der Waals surface area contributed by atoms with Gasteiger partial charge in [0.2, 0.25) is 0 Å². The number of aromatic amines is 1. The average Bonchev–Trinajstić information content (AvgIpc) is 2.47. The first-order chi connectivity index (χ1) is 5.76. The SMILES string of the molecule is CCC(Cc1cc(C)[nH]n1)OC. The molecule has 3 heteroatoms. The zero-order chi connectivity index (χ0) is 8.97. The Labute approximate surface area is 73.1 Å². The molecule has 0 spiro atoms. The van der Waals surface area contributed by atoms with E-state index in [1.165, 1.54) is 0 Å². The van der Waals surface area contributed by atoms with Crippen LogP contribution in [0, 0.1) is 6.92 Å². The third kappa shape index (κ3) is 2.34. The van der Waals surface area contributed by atoms with Crippen molar-refractivity contribution in [3.8, 4) is 0 Å². The third-order valence-electron chi connectivity index (χ3n) is 1.98. The van der Waals surface area contributed by atoms with Gasteiger partial charge < -0.3 is 4.74 Å². The molecule has 1 aromatic heterocycles. The maximum Gasteiger partial charge on any atom is 0.0650 e. The third-order valence-corrected chi connectivity index (χ3v) is 1.98. The standard InChI is InChI=1S/C9H16N2O/c1-4-9(12-3)6-8-5-7(2)10-11-8/h5,9H,4,6H2,1-3H3,(H,10,11). The molecule has 0 saturated heterocycles. The van der Waals surface area contributed by atoms with Crippen LogP contribution < -0.4 is 0 Å². The second-order valence-corrected chi connectivity index (χ2v) is 3.01. The Morgan fingerprint density at radius 2 is 2.42 bits per heavy atom. The summed E-state index contributed by atoms with van der Waals surface area (Å²) < 4.78 is 5.26. The number of nitrogens with one attached hydrogen (secondary N) is 1. The van der Waals surface area contributed by atoms with Crippen molar-refractivity contribution < 1.29 is 4.74 Å². The van der Waals surface area contributed by atoms with E-state index in [2.05, 4.69) is 23.2 Å². The molecule has 12 heavy (non-hydrogen) atoms. The lowest BCUT2D eigenvalue weighted by atomic mass is 10.1. The average molecular weight is 168 g/mol. The zero-order valence-corrected chi connectivity index (χ0v) is 7.92. The summed E-state index contributed by atoms with van der Waals surface area (Å²) in [4.78, 5) is 0. The molecular weight excluding hydrogens is 152 g/mol. The van der Waals surface area contributed by atoms with Gasteiger partial charge in [-0.2, -0.15) is 5.10 Å². The highest BCUT2D eigenvalue weighted by atomic mass is 16.5. The van der Waals surface area contributed by atoms with E-state index in [-0.39, 0.29) is 0 Å². The summed E-state index contributed by atoms with van der Waals surface area (Å²) in [6.07, 6.45) is 2.23. The van der Waals surface area contributed by atoms with E-state index >= 15 is 0 Å². The Morgan fingerprint density at radius 1 is 1.67 bits per heavy atom. The molecule has 1 heterocycles. The van der Waals surface area contributed by atoms with Crippen molar-refractivity contribution in [2.45, 2.75) is 32.8 Å². The van der Waals surface area contributed by atoms with Crippen LogP contribution in [0.25, 0.3) is 0 Å². The number of H-pyrrole nitrogens is 1. The first-order valence-corrected chi connectivity index (χ1v) is 4.30. The number of ether oxygens (including phenoxy) is 1. The van der Waals surface area contributed by atoms with Gasteiger partial charge >= 0.3 is 0 Å². The lowest BCUT2D eigenvalue weighted by Crippen LogP contribution is -2.12. The van der Waals surface area contributed by atoms with E-state index in [9.17, 15) is 0 Å². The number of aromatic nitrogens is 2. The first-order valence-electron chi connectivity index (χ1n) is 4.30. The van der Waals surface area contributed by atoms with E-state index in [0.717, 1.165) is 24.2 Å². The molecular formula is C9H16N2O. The molecule has 1 atom stereocenters. The molecule has 0 aliphatic heterocycles. The summed E-state index contributed by atoms with van der Waals surface area (Å²) in [7, 11) is 1.74. The Hall–Kier alpha value is -0.830. The summed E-state index contributed by atoms with van der Waals surface area (Å²) >= 11 is 0. The van der Waals surface area contributed by atoms with Gasteiger partial charge in [0.15, 0.2) is 0 Å². The van der Waals surface area contributed by atoms with Crippen molar-refractivity contribution in [2.24, 2.45) is 0 Å². The summed E-state index contributed by atoms with van der Waals surface area (Å²) in [6.45, 7) is 4.12. The highest BCUT2D eigenvalue weighted by Gasteiger charge is 2.07. The highest BCUT2D eigenvalue weighted by molar-refractivity contribution is 5.07. The molecule has 3 nitrogen and oxygen atoms in total. The van der Waals surface area contributed by atoms with Crippen molar-refractivity contribution in [3.63, 3.8) is 0 Å². The van der Waals surface area contributed by atoms with Gasteiger partial charge in [-0.05, 0) is 19.4 Å². The molecule has 68 valence electrons. The van der Waals surface area contributed by atoms with Crippen LogP contribution in [0.1, 0.15) is 24.7 Å². The highest BCUT2D eigenvalue weighted by Crippen LogP contribution is 2.06. The maximum absolute atomic E-state index is 5.26. The summed E-state index contributed by atoms with van der Waals surface area (Å²) in [5.41, 5.74) is 2.19. The van der Waals surface area contributed by atoms with E-state index in [1.54, 1.807) is 7.11 Å². The fourth-order valence-electron chi connectivity index (χ4n) is 1.21. The van der Waals surface area contributed by atoms with Gasteiger partial charge in [-0.3, -0.25) is 5.10 Å². The minimum absolute atomic E-state index is 0.299. The van der Waals surface area contributed by atoms with Crippen LogP contribution >= 0.6 is 0 Å². The van der Waals surface area contributed by atoms with Gasteiger partial charge in [-0.25, -0.2) is 0 Å². The van der Waals surface area contributed by atoms with E-state index in [4.69, 9.17) is 4.74 Å². The molecule has 0 amide bonds. The lowest BCUT2D eigenvalue weighted by Gasteiger charge is -2.09. The number of hydrogen-bond donors (Lipinski definition) is 1. The van der Waals surface area contributed by atoms with Gasteiger partial charge in [0, 0.05) is 19.2 Å².